The second-order valence-corrected chi connectivity index (χ2v) is 12.6. The largest absolute Gasteiger partial charge is 0.257 e. The average molecular weight is 532 g/mol. The highest BCUT2D eigenvalue weighted by molar-refractivity contribution is 4.90. The lowest BCUT2D eigenvalue weighted by atomic mass is 9.93. The molecule has 2 nitrogen and oxygen atoms in total. The zero-order valence-corrected chi connectivity index (χ0v) is 26.8. The van der Waals surface area contributed by atoms with Crippen molar-refractivity contribution < 1.29 is 4.57 Å². The molecule has 1 heterocycles. The van der Waals surface area contributed by atoms with Crippen LogP contribution in [0.2, 0.25) is 0 Å². The highest BCUT2D eigenvalue weighted by Crippen LogP contribution is 2.27. The van der Waals surface area contributed by atoms with Crippen LogP contribution in [-0.2, 0) is 0 Å². The van der Waals surface area contributed by atoms with Crippen molar-refractivity contribution in [3.8, 4) is 0 Å². The lowest BCUT2D eigenvalue weighted by molar-refractivity contribution is -0.727. The van der Waals surface area contributed by atoms with Gasteiger partial charge in [-0.2, -0.15) is 0 Å². The fraction of sp³-hybridized carbons (Fsp3) is 0.917. The van der Waals surface area contributed by atoms with E-state index in [0.29, 0.717) is 12.0 Å². The molecule has 2 heteroatoms. The van der Waals surface area contributed by atoms with Crippen LogP contribution in [0.1, 0.15) is 219 Å². The smallest absolute Gasteiger partial charge is 0.247 e. The van der Waals surface area contributed by atoms with Gasteiger partial charge in [-0.1, -0.05) is 168 Å². The van der Waals surface area contributed by atoms with Crippen LogP contribution in [-0.4, -0.2) is 4.98 Å². The van der Waals surface area contributed by atoms with Gasteiger partial charge in [-0.25, -0.2) is 9.55 Å². The molecule has 1 N–H and O–H groups in total. The summed E-state index contributed by atoms with van der Waals surface area (Å²) in [4.78, 5) is 3.72. The molecule has 2 atom stereocenters. The van der Waals surface area contributed by atoms with E-state index in [-0.39, 0.29) is 0 Å². The Morgan fingerprint density at radius 1 is 0.500 bits per heavy atom. The summed E-state index contributed by atoms with van der Waals surface area (Å²) in [5.74, 6) is 2.24. The Hall–Kier alpha value is -0.790. The number of nitrogens with one attached hydrogen (secondary N) is 1. The molecule has 1 aromatic rings. The molecular formula is C36H71N2+. The van der Waals surface area contributed by atoms with Crippen LogP contribution in [0, 0.1) is 0 Å². The minimum atomic E-state index is 0.621. The standard InChI is InChI=1S/C36H70N2/c1-5-8-11-14-16-18-20-22-24-26-29-34(4)38-33-32-37-36(38)35(30-27-13-10-7-3)31-28-25-23-21-19-17-15-12-9-6-2/h32-35H,5-31H2,1-4H3/p+1. The Labute approximate surface area is 240 Å². The lowest BCUT2D eigenvalue weighted by Crippen LogP contribution is -2.41. The van der Waals surface area contributed by atoms with Crippen LogP contribution < -0.4 is 4.57 Å². The fourth-order valence-electron chi connectivity index (χ4n) is 6.25. The Bertz CT molecular complexity index is 592. The number of rotatable bonds is 29. The van der Waals surface area contributed by atoms with Crippen molar-refractivity contribution in [2.45, 2.75) is 213 Å². The molecule has 0 aliphatic rings. The van der Waals surface area contributed by atoms with E-state index in [0.717, 1.165) is 0 Å². The molecule has 2 unspecified atom stereocenters. The molecule has 0 aliphatic heterocycles. The molecule has 224 valence electrons. The summed E-state index contributed by atoms with van der Waals surface area (Å²) in [6.07, 6.45) is 42.7. The number of aromatic amines is 1. The van der Waals surface area contributed by atoms with Gasteiger partial charge in [0.05, 0.1) is 12.0 Å². The van der Waals surface area contributed by atoms with Crippen molar-refractivity contribution in [1.82, 2.24) is 4.98 Å². The van der Waals surface area contributed by atoms with E-state index >= 15 is 0 Å². The van der Waals surface area contributed by atoms with Gasteiger partial charge in [0.25, 0.3) is 5.82 Å². The van der Waals surface area contributed by atoms with E-state index in [9.17, 15) is 0 Å². The second-order valence-electron chi connectivity index (χ2n) is 12.6. The summed E-state index contributed by atoms with van der Waals surface area (Å²) in [5.41, 5.74) is 0. The molecule has 0 bridgehead atoms. The lowest BCUT2D eigenvalue weighted by Gasteiger charge is -2.17. The number of H-pyrrole nitrogens is 1. The highest BCUT2D eigenvalue weighted by Gasteiger charge is 2.25. The molecule has 0 radical (unpaired) electrons. The Morgan fingerprint density at radius 2 is 0.842 bits per heavy atom. The summed E-state index contributed by atoms with van der Waals surface area (Å²) in [7, 11) is 0. The molecule has 0 aliphatic carbocycles. The Kier molecular flexibility index (Phi) is 24.5. The normalized spacial score (nSPS) is 13.3. The van der Waals surface area contributed by atoms with Crippen molar-refractivity contribution in [1.29, 1.82) is 0 Å². The van der Waals surface area contributed by atoms with Gasteiger partial charge >= 0.3 is 0 Å². The summed E-state index contributed by atoms with van der Waals surface area (Å²) in [5, 5.41) is 0. The van der Waals surface area contributed by atoms with Crippen LogP contribution in [0.5, 0.6) is 0 Å². The third-order valence-electron chi connectivity index (χ3n) is 8.89. The van der Waals surface area contributed by atoms with Crippen molar-refractivity contribution in [2.24, 2.45) is 0 Å². The molecule has 38 heavy (non-hydrogen) atoms. The van der Waals surface area contributed by atoms with Gasteiger partial charge in [-0.3, -0.25) is 0 Å². The molecule has 0 fully saturated rings. The number of nitrogens with zero attached hydrogens (tertiary/aromatic N) is 1. The van der Waals surface area contributed by atoms with E-state index in [4.69, 9.17) is 0 Å². The topological polar surface area (TPSA) is 19.7 Å². The van der Waals surface area contributed by atoms with Gasteiger partial charge in [0.2, 0.25) is 0 Å². The first-order valence-electron chi connectivity index (χ1n) is 17.8. The molecule has 0 amide bonds. The predicted molar refractivity (Wildman–Crippen MR) is 170 cm³/mol. The second kappa shape index (κ2) is 26.4. The predicted octanol–water partition coefficient (Wildman–Crippen LogP) is 12.5. The Balaban J connectivity index is 2.37. The van der Waals surface area contributed by atoms with Gasteiger partial charge in [0.1, 0.15) is 12.4 Å². The maximum absolute atomic E-state index is 3.72. The summed E-state index contributed by atoms with van der Waals surface area (Å²) in [6, 6.07) is 0.621. The first-order chi connectivity index (χ1) is 18.7. The third kappa shape index (κ3) is 18.5. The molecule has 0 spiro atoms. The van der Waals surface area contributed by atoms with Crippen LogP contribution in [0.15, 0.2) is 12.4 Å². The van der Waals surface area contributed by atoms with E-state index in [1.54, 1.807) is 0 Å². The number of hydrogen-bond donors (Lipinski definition) is 1. The minimum absolute atomic E-state index is 0.621. The molecule has 1 aromatic heterocycles. The van der Waals surface area contributed by atoms with Crippen molar-refractivity contribution in [3.05, 3.63) is 18.2 Å². The van der Waals surface area contributed by atoms with E-state index in [2.05, 4.69) is 49.6 Å². The van der Waals surface area contributed by atoms with Crippen LogP contribution in [0.3, 0.4) is 0 Å². The third-order valence-corrected chi connectivity index (χ3v) is 8.89. The zero-order valence-electron chi connectivity index (χ0n) is 26.8. The monoisotopic (exact) mass is 532 g/mol. The molecule has 0 saturated carbocycles. The van der Waals surface area contributed by atoms with Crippen molar-refractivity contribution in [2.75, 3.05) is 0 Å². The van der Waals surface area contributed by atoms with Crippen LogP contribution >= 0.6 is 0 Å². The van der Waals surface area contributed by atoms with E-state index in [1.165, 1.54) is 179 Å². The number of hydrogen-bond acceptors (Lipinski definition) is 0. The zero-order chi connectivity index (χ0) is 27.5. The summed E-state index contributed by atoms with van der Waals surface area (Å²) < 4.78 is 2.62. The van der Waals surface area contributed by atoms with Gasteiger partial charge in [0, 0.05) is 0 Å². The average Bonchev–Trinajstić information content (AvgIpc) is 3.42. The number of aromatic nitrogens is 2. The van der Waals surface area contributed by atoms with Crippen LogP contribution in [0.4, 0.5) is 0 Å². The molecule has 1 rings (SSSR count). The van der Waals surface area contributed by atoms with Crippen molar-refractivity contribution in [3.63, 3.8) is 0 Å². The molecule has 0 aromatic carbocycles. The first-order valence-corrected chi connectivity index (χ1v) is 17.8. The first kappa shape index (κ1) is 35.2. The SMILES string of the molecule is CCCCCCCCCCCCC(CCCCCC)c1[nH]cc[n+]1C(C)CCCCCCCCCCCC. The number of imidazole rings is 1. The van der Waals surface area contributed by atoms with E-state index < -0.39 is 0 Å². The van der Waals surface area contributed by atoms with Gasteiger partial charge < -0.3 is 0 Å². The summed E-state index contributed by atoms with van der Waals surface area (Å²) >= 11 is 0. The van der Waals surface area contributed by atoms with Gasteiger partial charge in [-0.15, -0.1) is 0 Å². The van der Waals surface area contributed by atoms with E-state index in [1.807, 2.05) is 0 Å². The molecular weight excluding hydrogens is 460 g/mol. The highest BCUT2D eigenvalue weighted by atomic mass is 15.1. The van der Waals surface area contributed by atoms with Crippen LogP contribution in [0.25, 0.3) is 0 Å². The Morgan fingerprint density at radius 3 is 1.26 bits per heavy atom. The maximum atomic E-state index is 3.72. The molecule has 0 saturated heterocycles. The van der Waals surface area contributed by atoms with Crippen molar-refractivity contribution >= 4 is 0 Å². The minimum Gasteiger partial charge on any atom is -0.247 e. The summed E-state index contributed by atoms with van der Waals surface area (Å²) in [6.45, 7) is 9.41. The fourth-order valence-corrected chi connectivity index (χ4v) is 6.25. The number of unbranched alkanes of at least 4 members (excludes halogenated alkanes) is 21. The quantitative estimate of drug-likeness (QED) is 0.0783. The van der Waals surface area contributed by atoms with Gasteiger partial charge in [0.15, 0.2) is 0 Å². The van der Waals surface area contributed by atoms with Gasteiger partial charge in [-0.05, 0) is 32.6 Å². The maximum Gasteiger partial charge on any atom is 0.257 e.